The summed E-state index contributed by atoms with van der Waals surface area (Å²) in [5, 5.41) is 26.3. The van der Waals surface area contributed by atoms with Gasteiger partial charge in [0.15, 0.2) is 0 Å². The number of benzene rings is 2. The van der Waals surface area contributed by atoms with Crippen molar-refractivity contribution in [3.63, 3.8) is 0 Å². The molecule has 0 amide bonds. The van der Waals surface area contributed by atoms with Gasteiger partial charge in [0.05, 0.1) is 23.7 Å². The summed E-state index contributed by atoms with van der Waals surface area (Å²) in [6.45, 7) is 4.28. The average molecular weight is 433 g/mol. The van der Waals surface area contributed by atoms with E-state index in [0.717, 1.165) is 47.3 Å². The van der Waals surface area contributed by atoms with Crippen molar-refractivity contribution in [2.75, 3.05) is 6.61 Å². The van der Waals surface area contributed by atoms with E-state index in [1.165, 1.54) is 17.7 Å². The number of aliphatic hydroxyl groups is 2. The lowest BCUT2D eigenvalue weighted by Crippen LogP contribution is -2.43. The van der Waals surface area contributed by atoms with E-state index in [0.29, 0.717) is 6.42 Å². The maximum Gasteiger partial charge on any atom is 0.123 e. The minimum absolute atomic E-state index is 0.0329. The van der Waals surface area contributed by atoms with Gasteiger partial charge in [0.1, 0.15) is 5.82 Å². The predicted molar refractivity (Wildman–Crippen MR) is 123 cm³/mol. The number of hydrogen-bond donors (Lipinski definition) is 2. The molecule has 3 atom stereocenters. The molecule has 0 spiro atoms. The van der Waals surface area contributed by atoms with Crippen LogP contribution in [0.15, 0.2) is 60.3 Å². The van der Waals surface area contributed by atoms with E-state index >= 15 is 0 Å². The summed E-state index contributed by atoms with van der Waals surface area (Å²) in [5.74, 6) is -0.267. The minimum atomic E-state index is -0.624. The highest BCUT2D eigenvalue weighted by Crippen LogP contribution is 2.62. The van der Waals surface area contributed by atoms with Crippen molar-refractivity contribution in [1.82, 2.24) is 9.78 Å². The Morgan fingerprint density at radius 2 is 1.97 bits per heavy atom. The Morgan fingerprint density at radius 1 is 1.19 bits per heavy atom. The third-order valence-electron chi connectivity index (χ3n) is 7.88. The molecule has 0 bridgehead atoms. The van der Waals surface area contributed by atoms with E-state index in [-0.39, 0.29) is 17.8 Å². The summed E-state index contributed by atoms with van der Waals surface area (Å²) in [6, 6.07) is 14.3. The van der Waals surface area contributed by atoms with Gasteiger partial charge in [-0.2, -0.15) is 5.10 Å². The SMILES string of the molecule is Cc1cccc(C(O)CC2(CO)CCC3=Cc4c(cnn4-c4ccc(F)cc4)CC32C)c1. The lowest BCUT2D eigenvalue weighted by Gasteiger charge is -2.46. The summed E-state index contributed by atoms with van der Waals surface area (Å²) >= 11 is 0. The molecular weight excluding hydrogens is 403 g/mol. The van der Waals surface area contributed by atoms with Crippen LogP contribution in [0.25, 0.3) is 11.8 Å². The highest BCUT2D eigenvalue weighted by Gasteiger charge is 2.56. The number of allylic oxidation sites excluding steroid dienone is 1. The molecule has 0 radical (unpaired) electrons. The molecule has 5 heteroatoms. The first kappa shape index (κ1) is 21.1. The number of halogens is 1. The van der Waals surface area contributed by atoms with Crippen LogP contribution in [0.1, 0.15) is 54.7 Å². The molecule has 2 aliphatic carbocycles. The van der Waals surface area contributed by atoms with Crippen molar-refractivity contribution >= 4 is 6.08 Å². The fourth-order valence-electron chi connectivity index (χ4n) is 5.83. The molecule has 3 aromatic rings. The maximum absolute atomic E-state index is 13.4. The number of rotatable bonds is 5. The van der Waals surface area contributed by atoms with Crippen molar-refractivity contribution in [3.05, 3.63) is 88.5 Å². The van der Waals surface area contributed by atoms with Gasteiger partial charge in [0, 0.05) is 17.4 Å². The number of hydrogen-bond acceptors (Lipinski definition) is 3. The zero-order chi connectivity index (χ0) is 22.5. The van der Waals surface area contributed by atoms with Crippen molar-refractivity contribution in [3.8, 4) is 5.69 Å². The van der Waals surface area contributed by atoms with Gasteiger partial charge in [0.25, 0.3) is 0 Å². The fourth-order valence-corrected chi connectivity index (χ4v) is 5.83. The smallest absolute Gasteiger partial charge is 0.123 e. The van der Waals surface area contributed by atoms with Crippen molar-refractivity contribution in [1.29, 1.82) is 0 Å². The first-order valence-electron chi connectivity index (χ1n) is 11.2. The zero-order valence-electron chi connectivity index (χ0n) is 18.6. The second-order valence-corrected chi connectivity index (χ2v) is 9.69. The van der Waals surface area contributed by atoms with Crippen LogP contribution in [0.4, 0.5) is 4.39 Å². The molecule has 1 aromatic heterocycles. The van der Waals surface area contributed by atoms with Gasteiger partial charge >= 0.3 is 0 Å². The van der Waals surface area contributed by atoms with Gasteiger partial charge in [-0.05, 0) is 74.1 Å². The van der Waals surface area contributed by atoms with Gasteiger partial charge in [0.2, 0.25) is 0 Å². The Bertz CT molecular complexity index is 1180. The molecule has 0 aliphatic heterocycles. The molecule has 5 rings (SSSR count). The van der Waals surface area contributed by atoms with Crippen LogP contribution in [0.3, 0.4) is 0 Å². The van der Waals surface area contributed by atoms with Gasteiger partial charge < -0.3 is 10.2 Å². The van der Waals surface area contributed by atoms with E-state index in [1.807, 2.05) is 42.1 Å². The average Bonchev–Trinajstić information content (AvgIpc) is 3.30. The summed E-state index contributed by atoms with van der Waals surface area (Å²) in [5.41, 5.74) is 5.62. The molecule has 3 unspecified atom stereocenters. The molecule has 32 heavy (non-hydrogen) atoms. The van der Waals surface area contributed by atoms with Gasteiger partial charge in [-0.1, -0.05) is 42.3 Å². The summed E-state index contributed by atoms with van der Waals surface area (Å²) in [7, 11) is 0. The normalized spacial score (nSPS) is 25.2. The first-order valence-corrected chi connectivity index (χ1v) is 11.2. The quantitative estimate of drug-likeness (QED) is 0.585. The van der Waals surface area contributed by atoms with Crippen molar-refractivity contribution < 1.29 is 14.6 Å². The molecule has 2 aromatic carbocycles. The number of aromatic nitrogens is 2. The Morgan fingerprint density at radius 3 is 2.69 bits per heavy atom. The third kappa shape index (κ3) is 3.23. The topological polar surface area (TPSA) is 58.3 Å². The van der Waals surface area contributed by atoms with Crippen LogP contribution < -0.4 is 0 Å². The van der Waals surface area contributed by atoms with E-state index in [4.69, 9.17) is 0 Å². The molecule has 4 nitrogen and oxygen atoms in total. The molecule has 1 saturated carbocycles. The van der Waals surface area contributed by atoms with Crippen LogP contribution in [-0.2, 0) is 6.42 Å². The van der Waals surface area contributed by atoms with Crippen LogP contribution >= 0.6 is 0 Å². The Labute approximate surface area is 188 Å². The van der Waals surface area contributed by atoms with Crippen LogP contribution in [-0.4, -0.2) is 26.6 Å². The monoisotopic (exact) mass is 432 g/mol. The highest BCUT2D eigenvalue weighted by molar-refractivity contribution is 5.62. The van der Waals surface area contributed by atoms with Gasteiger partial charge in [-0.15, -0.1) is 0 Å². The second kappa shape index (κ2) is 7.68. The van der Waals surface area contributed by atoms with Crippen molar-refractivity contribution in [2.45, 2.75) is 45.6 Å². The van der Waals surface area contributed by atoms with Crippen LogP contribution in [0.5, 0.6) is 0 Å². The lowest BCUT2D eigenvalue weighted by molar-refractivity contribution is -0.0138. The lowest BCUT2D eigenvalue weighted by atomic mass is 9.59. The molecule has 1 fully saturated rings. The van der Waals surface area contributed by atoms with Gasteiger partial charge in [-0.3, -0.25) is 0 Å². The van der Waals surface area contributed by atoms with Crippen LogP contribution in [0.2, 0.25) is 0 Å². The summed E-state index contributed by atoms with van der Waals surface area (Å²) in [6.07, 6.45) is 6.45. The Balaban J connectivity index is 1.49. The number of nitrogens with zero attached hydrogens (tertiary/aromatic N) is 2. The number of aliphatic hydroxyl groups excluding tert-OH is 2. The largest absolute Gasteiger partial charge is 0.396 e. The van der Waals surface area contributed by atoms with Crippen LogP contribution in [0, 0.1) is 23.6 Å². The van der Waals surface area contributed by atoms with E-state index in [2.05, 4.69) is 18.1 Å². The number of fused-ring (bicyclic) bond motifs is 2. The standard InChI is InChI=1S/C27H29FN2O2/c1-18-4-3-5-19(12-18)25(32)15-27(17-31)11-10-21-13-24-20(14-26(21,27)2)16-29-30(24)23-8-6-22(28)7-9-23/h3-9,12-13,16,25,31-32H,10-11,14-15,17H2,1-2H3. The third-order valence-corrected chi connectivity index (χ3v) is 7.88. The molecule has 166 valence electrons. The first-order chi connectivity index (χ1) is 15.3. The fraction of sp³-hybridized carbons (Fsp3) is 0.370. The highest BCUT2D eigenvalue weighted by atomic mass is 19.1. The Hall–Kier alpha value is -2.76. The molecule has 2 aliphatic rings. The molecular formula is C27H29FN2O2. The number of aryl methyl sites for hydroxylation is 1. The predicted octanol–water partition coefficient (Wildman–Crippen LogP) is 5.16. The summed E-state index contributed by atoms with van der Waals surface area (Å²) in [4.78, 5) is 0. The molecule has 2 N–H and O–H groups in total. The molecule has 1 heterocycles. The van der Waals surface area contributed by atoms with Gasteiger partial charge in [-0.25, -0.2) is 9.07 Å². The zero-order valence-corrected chi connectivity index (χ0v) is 18.6. The van der Waals surface area contributed by atoms with Crippen molar-refractivity contribution in [2.24, 2.45) is 10.8 Å². The van der Waals surface area contributed by atoms with E-state index in [9.17, 15) is 14.6 Å². The maximum atomic E-state index is 13.4. The Kier molecular flexibility index (Phi) is 5.06. The minimum Gasteiger partial charge on any atom is -0.396 e. The van der Waals surface area contributed by atoms with E-state index < -0.39 is 11.5 Å². The summed E-state index contributed by atoms with van der Waals surface area (Å²) < 4.78 is 15.2. The second-order valence-electron chi connectivity index (χ2n) is 9.69. The molecule has 0 saturated heterocycles. The van der Waals surface area contributed by atoms with E-state index in [1.54, 1.807) is 12.1 Å².